The van der Waals surface area contributed by atoms with Gasteiger partial charge in [-0.15, -0.1) is 0 Å². The van der Waals surface area contributed by atoms with Crippen LogP contribution in [0, 0.1) is 0 Å². The van der Waals surface area contributed by atoms with Crippen LogP contribution in [0.25, 0.3) is 0 Å². The van der Waals surface area contributed by atoms with Crippen molar-refractivity contribution in [3.63, 3.8) is 0 Å². The topological polar surface area (TPSA) is 102 Å². The number of hydrogen-bond acceptors (Lipinski definition) is 7. The Bertz CT molecular complexity index is 776. The third-order valence-electron chi connectivity index (χ3n) is 4.17. The van der Waals surface area contributed by atoms with Gasteiger partial charge < -0.3 is 19.1 Å². The summed E-state index contributed by atoms with van der Waals surface area (Å²) in [6.07, 6.45) is 0. The lowest BCUT2D eigenvalue weighted by atomic mass is 10.2. The van der Waals surface area contributed by atoms with Crippen molar-refractivity contribution in [1.29, 1.82) is 0 Å². The molecule has 0 aromatic heterocycles. The van der Waals surface area contributed by atoms with Crippen molar-refractivity contribution in [2.75, 3.05) is 59.7 Å². The summed E-state index contributed by atoms with van der Waals surface area (Å²) in [6.45, 7) is 3.26. The molecule has 1 amide bonds. The molecule has 0 radical (unpaired) electrons. The Balaban J connectivity index is 2.23. The average Bonchev–Trinajstić information content (AvgIpc) is 2.71. The second-order valence-corrected chi connectivity index (χ2v) is 8.01. The van der Waals surface area contributed by atoms with Crippen molar-refractivity contribution >= 4 is 21.9 Å². The van der Waals surface area contributed by atoms with Crippen LogP contribution in [0.3, 0.4) is 0 Å². The number of nitrogens with zero attached hydrogens (tertiary/aromatic N) is 2. The zero-order valence-electron chi connectivity index (χ0n) is 16.1. The van der Waals surface area contributed by atoms with Gasteiger partial charge in [0.2, 0.25) is 10.0 Å². The van der Waals surface area contributed by atoms with Crippen LogP contribution in [0.15, 0.2) is 29.2 Å². The average molecular weight is 414 g/mol. The highest BCUT2D eigenvalue weighted by Crippen LogP contribution is 2.19. The molecule has 1 saturated heterocycles. The van der Waals surface area contributed by atoms with Crippen molar-refractivity contribution in [3.05, 3.63) is 29.8 Å². The molecule has 28 heavy (non-hydrogen) atoms. The number of rotatable bonds is 9. The van der Waals surface area contributed by atoms with Gasteiger partial charge in [-0.05, 0) is 25.1 Å². The maximum atomic E-state index is 12.9. The Kier molecular flexibility index (Phi) is 8.36. The summed E-state index contributed by atoms with van der Waals surface area (Å²) >= 11 is 0. The number of hydrogen-bond donors (Lipinski definition) is 0. The van der Waals surface area contributed by atoms with Crippen molar-refractivity contribution in [2.45, 2.75) is 11.8 Å². The number of esters is 1. The molecule has 1 fully saturated rings. The van der Waals surface area contributed by atoms with Crippen LogP contribution in [-0.4, -0.2) is 89.2 Å². The lowest BCUT2D eigenvalue weighted by molar-refractivity contribution is -0.143. The van der Waals surface area contributed by atoms with Gasteiger partial charge in [0.1, 0.15) is 6.54 Å². The van der Waals surface area contributed by atoms with Gasteiger partial charge in [-0.3, -0.25) is 9.59 Å². The highest BCUT2D eigenvalue weighted by molar-refractivity contribution is 7.89. The SMILES string of the molecule is CCOC(=O)CN(CCOC)C(=O)c1cccc(S(=O)(=O)N2CCOCC2)c1. The molecule has 1 aromatic rings. The van der Waals surface area contributed by atoms with Crippen molar-refractivity contribution in [1.82, 2.24) is 9.21 Å². The highest BCUT2D eigenvalue weighted by atomic mass is 32.2. The number of carbonyl (C=O) groups is 2. The number of methoxy groups -OCH3 is 1. The van der Waals surface area contributed by atoms with Crippen molar-refractivity contribution < 1.29 is 32.2 Å². The van der Waals surface area contributed by atoms with Crippen molar-refractivity contribution in [2.24, 2.45) is 0 Å². The zero-order valence-corrected chi connectivity index (χ0v) is 16.9. The van der Waals surface area contributed by atoms with E-state index in [0.717, 1.165) is 0 Å². The monoisotopic (exact) mass is 414 g/mol. The van der Waals surface area contributed by atoms with Crippen LogP contribution in [0.2, 0.25) is 0 Å². The van der Waals surface area contributed by atoms with Gasteiger partial charge in [0, 0.05) is 32.3 Å². The summed E-state index contributed by atoms with van der Waals surface area (Å²) in [5.74, 6) is -1.01. The van der Waals surface area contributed by atoms with E-state index in [1.54, 1.807) is 6.92 Å². The first-order valence-corrected chi connectivity index (χ1v) is 10.5. The van der Waals surface area contributed by atoms with E-state index in [-0.39, 0.29) is 49.9 Å². The summed E-state index contributed by atoms with van der Waals surface area (Å²) in [7, 11) is -2.24. The second-order valence-electron chi connectivity index (χ2n) is 6.07. The van der Waals surface area contributed by atoms with Gasteiger partial charge in [0.05, 0.1) is 31.3 Å². The van der Waals surface area contributed by atoms with Gasteiger partial charge in [0.25, 0.3) is 5.91 Å². The molecule has 0 bridgehead atoms. The first kappa shape index (κ1) is 22.3. The van der Waals surface area contributed by atoms with Crippen LogP contribution >= 0.6 is 0 Å². The molecule has 1 aliphatic heterocycles. The van der Waals surface area contributed by atoms with Crippen LogP contribution < -0.4 is 0 Å². The fourth-order valence-corrected chi connectivity index (χ4v) is 4.18. The first-order chi connectivity index (χ1) is 13.4. The Morgan fingerprint density at radius 2 is 1.96 bits per heavy atom. The summed E-state index contributed by atoms with van der Waals surface area (Å²) < 4.78 is 42.1. The number of ether oxygens (including phenoxy) is 3. The molecule has 0 unspecified atom stereocenters. The molecular weight excluding hydrogens is 388 g/mol. The number of amides is 1. The minimum Gasteiger partial charge on any atom is -0.465 e. The van der Waals surface area contributed by atoms with Gasteiger partial charge in [-0.25, -0.2) is 8.42 Å². The van der Waals surface area contributed by atoms with E-state index in [4.69, 9.17) is 14.2 Å². The number of benzene rings is 1. The molecule has 0 spiro atoms. The quantitative estimate of drug-likeness (QED) is 0.538. The standard InChI is InChI=1S/C18H26N2O7S/c1-3-27-17(21)14-19(7-10-25-2)18(22)15-5-4-6-16(13-15)28(23,24)20-8-11-26-12-9-20/h4-6,13H,3,7-12,14H2,1-2H3. The van der Waals surface area contributed by atoms with Gasteiger partial charge in [-0.1, -0.05) is 6.07 Å². The number of carbonyl (C=O) groups excluding carboxylic acids is 2. The molecule has 1 aliphatic rings. The summed E-state index contributed by atoms with van der Waals surface area (Å²) in [4.78, 5) is 26.0. The van der Waals surface area contributed by atoms with Crippen molar-refractivity contribution in [3.8, 4) is 0 Å². The zero-order chi connectivity index (χ0) is 20.6. The smallest absolute Gasteiger partial charge is 0.325 e. The molecule has 156 valence electrons. The molecule has 2 rings (SSSR count). The molecule has 0 aliphatic carbocycles. The Labute approximate surface area is 165 Å². The predicted octanol–water partition coefficient (Wildman–Crippen LogP) is 0.359. The highest BCUT2D eigenvalue weighted by Gasteiger charge is 2.27. The number of morpholine rings is 1. The minimum absolute atomic E-state index is 0.0306. The maximum Gasteiger partial charge on any atom is 0.325 e. The molecule has 0 N–H and O–H groups in total. The summed E-state index contributed by atoms with van der Waals surface area (Å²) in [5, 5.41) is 0. The Morgan fingerprint density at radius 1 is 1.25 bits per heavy atom. The van der Waals surface area contributed by atoms with Crippen LogP contribution in [0.1, 0.15) is 17.3 Å². The molecular formula is C18H26N2O7S. The molecule has 10 heteroatoms. The normalized spacial score (nSPS) is 15.2. The van der Waals surface area contributed by atoms with Gasteiger partial charge >= 0.3 is 5.97 Å². The molecule has 9 nitrogen and oxygen atoms in total. The summed E-state index contributed by atoms with van der Waals surface area (Å²) in [5.41, 5.74) is 0.176. The van der Waals surface area contributed by atoms with E-state index in [1.807, 2.05) is 0 Å². The largest absolute Gasteiger partial charge is 0.465 e. The van der Waals surface area contributed by atoms with Crippen LogP contribution in [-0.2, 0) is 29.0 Å². The van der Waals surface area contributed by atoms with E-state index in [1.165, 1.54) is 40.6 Å². The third-order valence-corrected chi connectivity index (χ3v) is 6.06. The van der Waals surface area contributed by atoms with Gasteiger partial charge in [-0.2, -0.15) is 4.31 Å². The maximum absolute atomic E-state index is 12.9. The lowest BCUT2D eigenvalue weighted by Crippen LogP contribution is -2.41. The second kappa shape index (κ2) is 10.5. The minimum atomic E-state index is -3.73. The van der Waals surface area contributed by atoms with Crippen LogP contribution in [0.5, 0.6) is 0 Å². The fourth-order valence-electron chi connectivity index (χ4n) is 2.72. The fraction of sp³-hybridized carbons (Fsp3) is 0.556. The van der Waals surface area contributed by atoms with Gasteiger partial charge in [0.15, 0.2) is 0 Å². The molecule has 0 atom stereocenters. The van der Waals surface area contributed by atoms with Crippen LogP contribution in [0.4, 0.5) is 0 Å². The number of sulfonamides is 1. The molecule has 1 heterocycles. The summed E-state index contributed by atoms with van der Waals surface area (Å²) in [6, 6.07) is 5.82. The molecule has 1 aromatic carbocycles. The third kappa shape index (κ3) is 5.74. The predicted molar refractivity (Wildman–Crippen MR) is 100 cm³/mol. The van der Waals surface area contributed by atoms with E-state index < -0.39 is 21.9 Å². The lowest BCUT2D eigenvalue weighted by Gasteiger charge is -2.26. The van der Waals surface area contributed by atoms with E-state index in [2.05, 4.69) is 0 Å². The van der Waals surface area contributed by atoms with E-state index in [0.29, 0.717) is 13.2 Å². The Hall–Kier alpha value is -2.01. The molecule has 0 saturated carbocycles. The Morgan fingerprint density at radius 3 is 2.61 bits per heavy atom. The van der Waals surface area contributed by atoms with E-state index >= 15 is 0 Å². The first-order valence-electron chi connectivity index (χ1n) is 9.02. The van der Waals surface area contributed by atoms with E-state index in [9.17, 15) is 18.0 Å².